The largest absolute Gasteiger partial charge is 0.481 e. The van der Waals surface area contributed by atoms with Gasteiger partial charge < -0.3 is 15.4 Å². The van der Waals surface area contributed by atoms with Crippen molar-refractivity contribution in [3.63, 3.8) is 0 Å². The summed E-state index contributed by atoms with van der Waals surface area (Å²) in [6, 6.07) is 3.01. The molecule has 1 rings (SSSR count). The van der Waals surface area contributed by atoms with E-state index in [4.69, 9.17) is 5.11 Å². The van der Waals surface area contributed by atoms with Crippen LogP contribution in [0.15, 0.2) is 16.9 Å². The van der Waals surface area contributed by atoms with E-state index in [0.717, 1.165) is 0 Å². The van der Waals surface area contributed by atoms with Crippen molar-refractivity contribution in [3.8, 4) is 0 Å². The first-order valence-electron chi connectivity index (χ1n) is 4.70. The highest BCUT2D eigenvalue weighted by molar-refractivity contribution is 5.93. The number of hydrogen-bond donors (Lipinski definition) is 3. The third kappa shape index (κ3) is 3.23. The molecule has 6 nitrogen and oxygen atoms in total. The summed E-state index contributed by atoms with van der Waals surface area (Å²) < 4.78 is 0. The van der Waals surface area contributed by atoms with Crippen molar-refractivity contribution < 1.29 is 14.7 Å². The number of aryl methyl sites for hydroxylation is 1. The topological polar surface area (TPSA) is 99.3 Å². The lowest BCUT2D eigenvalue weighted by Crippen LogP contribution is -2.31. The predicted octanol–water partition coefficient (Wildman–Crippen LogP) is -0.112. The van der Waals surface area contributed by atoms with Gasteiger partial charge in [-0.2, -0.15) is 0 Å². The van der Waals surface area contributed by atoms with Crippen molar-refractivity contribution in [2.75, 3.05) is 6.54 Å². The summed E-state index contributed by atoms with van der Waals surface area (Å²) >= 11 is 0. The maximum atomic E-state index is 11.4. The molecule has 1 aromatic rings. The molecule has 1 heterocycles. The Kier molecular flexibility index (Phi) is 3.82. The van der Waals surface area contributed by atoms with Gasteiger partial charge in [0.1, 0.15) is 5.56 Å². The second-order valence-corrected chi connectivity index (χ2v) is 3.28. The van der Waals surface area contributed by atoms with E-state index in [9.17, 15) is 14.4 Å². The Labute approximate surface area is 91.3 Å². The van der Waals surface area contributed by atoms with Gasteiger partial charge >= 0.3 is 5.97 Å². The lowest BCUT2D eigenvalue weighted by Gasteiger charge is -2.02. The number of nitrogens with one attached hydrogen (secondary N) is 2. The van der Waals surface area contributed by atoms with Crippen molar-refractivity contribution in [3.05, 3.63) is 33.7 Å². The molecule has 0 spiro atoms. The molecule has 1 amide bonds. The molecule has 6 heteroatoms. The Hall–Kier alpha value is -2.11. The number of aromatic nitrogens is 1. The van der Waals surface area contributed by atoms with E-state index in [0.29, 0.717) is 5.69 Å². The maximum absolute atomic E-state index is 11.4. The number of carboxylic acids is 1. The van der Waals surface area contributed by atoms with E-state index in [-0.39, 0.29) is 18.5 Å². The minimum Gasteiger partial charge on any atom is -0.481 e. The summed E-state index contributed by atoms with van der Waals surface area (Å²) in [4.78, 5) is 35.5. The molecule has 0 unspecified atom stereocenters. The van der Waals surface area contributed by atoms with Crippen molar-refractivity contribution in [1.82, 2.24) is 10.3 Å². The molecule has 0 fully saturated rings. The quantitative estimate of drug-likeness (QED) is 0.664. The Morgan fingerprint density at radius 2 is 2.12 bits per heavy atom. The molecule has 0 saturated heterocycles. The zero-order valence-corrected chi connectivity index (χ0v) is 8.74. The molecule has 16 heavy (non-hydrogen) atoms. The number of amides is 1. The van der Waals surface area contributed by atoms with Gasteiger partial charge in [-0.05, 0) is 19.1 Å². The van der Waals surface area contributed by atoms with Gasteiger partial charge in [0.25, 0.3) is 11.5 Å². The number of carboxylic acid groups (broad SMARTS) is 1. The predicted molar refractivity (Wildman–Crippen MR) is 56.4 cm³/mol. The third-order valence-corrected chi connectivity index (χ3v) is 1.92. The van der Waals surface area contributed by atoms with Crippen LogP contribution in [0, 0.1) is 6.92 Å². The molecule has 0 aliphatic rings. The van der Waals surface area contributed by atoms with Crippen LogP contribution in [0.2, 0.25) is 0 Å². The second kappa shape index (κ2) is 5.11. The molecule has 0 aromatic carbocycles. The fraction of sp³-hybridized carbons (Fsp3) is 0.300. The number of rotatable bonds is 4. The summed E-state index contributed by atoms with van der Waals surface area (Å²) in [6.45, 7) is 1.70. The molecular weight excluding hydrogens is 212 g/mol. The highest BCUT2D eigenvalue weighted by atomic mass is 16.4. The smallest absolute Gasteiger partial charge is 0.305 e. The van der Waals surface area contributed by atoms with Gasteiger partial charge in [0, 0.05) is 12.2 Å². The van der Waals surface area contributed by atoms with Gasteiger partial charge in [-0.3, -0.25) is 14.4 Å². The summed E-state index contributed by atoms with van der Waals surface area (Å²) in [5.41, 5.74) is 0.163. The molecule has 0 aliphatic carbocycles. The lowest BCUT2D eigenvalue weighted by atomic mass is 10.2. The van der Waals surface area contributed by atoms with E-state index in [1.807, 2.05) is 0 Å². The lowest BCUT2D eigenvalue weighted by molar-refractivity contribution is -0.136. The Bertz CT molecular complexity index is 464. The molecule has 1 aromatic heterocycles. The summed E-state index contributed by atoms with van der Waals surface area (Å²) in [7, 11) is 0. The number of carbonyl (C=O) groups is 2. The van der Waals surface area contributed by atoms with E-state index >= 15 is 0 Å². The van der Waals surface area contributed by atoms with Crippen LogP contribution >= 0.6 is 0 Å². The first kappa shape index (κ1) is 12.0. The van der Waals surface area contributed by atoms with Gasteiger partial charge in [0.15, 0.2) is 0 Å². The zero-order chi connectivity index (χ0) is 12.1. The molecule has 3 N–H and O–H groups in total. The molecule has 0 radical (unpaired) electrons. The Morgan fingerprint density at radius 3 is 2.69 bits per heavy atom. The molecular formula is C10H12N2O4. The number of aromatic amines is 1. The van der Waals surface area contributed by atoms with Crippen LogP contribution in [-0.2, 0) is 4.79 Å². The molecule has 0 aliphatic heterocycles. The van der Waals surface area contributed by atoms with Crippen LogP contribution in [0.5, 0.6) is 0 Å². The molecule has 86 valence electrons. The van der Waals surface area contributed by atoms with Crippen LogP contribution in [0.25, 0.3) is 0 Å². The van der Waals surface area contributed by atoms with Crippen molar-refractivity contribution in [2.45, 2.75) is 13.3 Å². The third-order valence-electron chi connectivity index (χ3n) is 1.92. The average Bonchev–Trinajstić information content (AvgIpc) is 2.16. The summed E-state index contributed by atoms with van der Waals surface area (Å²) in [5.74, 6) is -1.57. The fourth-order valence-corrected chi connectivity index (χ4v) is 1.13. The number of aliphatic carboxylic acids is 1. The first-order valence-corrected chi connectivity index (χ1v) is 4.70. The van der Waals surface area contributed by atoms with E-state index in [1.165, 1.54) is 6.07 Å². The standard InChI is InChI=1S/C10H12N2O4/c1-6-2-3-7(10(16)12-6)9(15)11-5-4-8(13)14/h2-3H,4-5H2,1H3,(H,11,15)(H,12,16)(H,13,14). The number of H-pyrrole nitrogens is 1. The van der Waals surface area contributed by atoms with E-state index in [1.54, 1.807) is 13.0 Å². The van der Waals surface area contributed by atoms with Gasteiger partial charge in [-0.25, -0.2) is 0 Å². The Balaban J connectivity index is 2.66. The minimum absolute atomic E-state index is 0.00147. The number of carbonyl (C=O) groups excluding carboxylic acids is 1. The average molecular weight is 224 g/mol. The summed E-state index contributed by atoms with van der Waals surface area (Å²) in [5, 5.41) is 10.7. The number of hydrogen-bond acceptors (Lipinski definition) is 3. The van der Waals surface area contributed by atoms with Gasteiger partial charge in [-0.15, -0.1) is 0 Å². The van der Waals surface area contributed by atoms with Gasteiger partial charge in [0.05, 0.1) is 6.42 Å². The zero-order valence-electron chi connectivity index (χ0n) is 8.74. The molecule has 0 saturated carbocycles. The van der Waals surface area contributed by atoms with Crippen molar-refractivity contribution in [1.29, 1.82) is 0 Å². The summed E-state index contributed by atoms with van der Waals surface area (Å²) in [6.07, 6.45) is -0.171. The molecule has 0 atom stereocenters. The maximum Gasteiger partial charge on any atom is 0.305 e. The van der Waals surface area contributed by atoms with Crippen LogP contribution in [0.1, 0.15) is 22.5 Å². The van der Waals surface area contributed by atoms with Gasteiger partial charge in [0.2, 0.25) is 0 Å². The highest BCUT2D eigenvalue weighted by Crippen LogP contribution is 1.93. The number of pyridine rings is 1. The normalized spacial score (nSPS) is 9.81. The van der Waals surface area contributed by atoms with E-state index in [2.05, 4.69) is 10.3 Å². The highest BCUT2D eigenvalue weighted by Gasteiger charge is 2.09. The van der Waals surface area contributed by atoms with E-state index < -0.39 is 17.4 Å². The SMILES string of the molecule is Cc1ccc(C(=O)NCCC(=O)O)c(=O)[nH]1. The fourth-order valence-electron chi connectivity index (χ4n) is 1.13. The first-order chi connectivity index (χ1) is 7.50. The second-order valence-electron chi connectivity index (χ2n) is 3.28. The molecule has 0 bridgehead atoms. The van der Waals surface area contributed by atoms with Crippen LogP contribution < -0.4 is 10.9 Å². The van der Waals surface area contributed by atoms with Crippen molar-refractivity contribution >= 4 is 11.9 Å². The monoisotopic (exact) mass is 224 g/mol. The van der Waals surface area contributed by atoms with Gasteiger partial charge in [-0.1, -0.05) is 0 Å². The van der Waals surface area contributed by atoms with Crippen LogP contribution in [0.4, 0.5) is 0 Å². The van der Waals surface area contributed by atoms with Crippen LogP contribution in [0.3, 0.4) is 0 Å². The van der Waals surface area contributed by atoms with Crippen LogP contribution in [-0.4, -0.2) is 28.5 Å². The van der Waals surface area contributed by atoms with Crippen molar-refractivity contribution in [2.24, 2.45) is 0 Å². The Morgan fingerprint density at radius 1 is 1.44 bits per heavy atom. The minimum atomic E-state index is -1.00.